The molecule has 5 heteroatoms. The molecule has 0 aliphatic carbocycles. The summed E-state index contributed by atoms with van der Waals surface area (Å²) in [5.41, 5.74) is -0.173. The summed E-state index contributed by atoms with van der Waals surface area (Å²) >= 11 is 8.82. The van der Waals surface area contributed by atoms with Gasteiger partial charge in [-0.1, -0.05) is 17.7 Å². The Bertz CT molecular complexity index is 541. The van der Waals surface area contributed by atoms with Crippen LogP contribution in [0, 0.1) is 17.5 Å². The second-order valence-electron chi connectivity index (χ2n) is 3.34. The molecule has 0 aromatic heterocycles. The summed E-state index contributed by atoms with van der Waals surface area (Å²) < 4.78 is 40.3. The fourth-order valence-electron chi connectivity index (χ4n) is 1.52. The molecule has 0 aliphatic heterocycles. The van der Waals surface area contributed by atoms with Crippen LogP contribution in [0.3, 0.4) is 0 Å². The average Bonchev–Trinajstić information content (AvgIpc) is 2.21. The largest absolute Gasteiger partial charge is 0.207 e. The van der Waals surface area contributed by atoms with Gasteiger partial charge in [0.15, 0.2) is 0 Å². The van der Waals surface area contributed by atoms with E-state index in [1.165, 1.54) is 12.1 Å². The van der Waals surface area contributed by atoms with Gasteiger partial charge < -0.3 is 0 Å². The minimum absolute atomic E-state index is 0.0659. The second-order valence-corrected chi connectivity index (χ2v) is 4.60. The summed E-state index contributed by atoms with van der Waals surface area (Å²) in [5, 5.41) is 0.0659. The third kappa shape index (κ3) is 2.33. The molecular weight excluding hydrogens is 316 g/mol. The van der Waals surface area contributed by atoms with Crippen molar-refractivity contribution in [2.45, 2.75) is 0 Å². The number of hydrogen-bond acceptors (Lipinski definition) is 0. The Balaban J connectivity index is 2.77. The lowest BCUT2D eigenvalue weighted by molar-refractivity contribution is 0.581. The van der Waals surface area contributed by atoms with Crippen LogP contribution in [0.5, 0.6) is 0 Å². The van der Waals surface area contributed by atoms with E-state index in [-0.39, 0.29) is 20.6 Å². The van der Waals surface area contributed by atoms with E-state index in [2.05, 4.69) is 15.9 Å². The van der Waals surface area contributed by atoms with Gasteiger partial charge in [-0.2, -0.15) is 0 Å². The standard InChI is InChI=1S/C12H5BrClF3/c13-7-4-6(15)5-10(17)11(7)12-8(14)2-1-3-9(12)16/h1-5H. The van der Waals surface area contributed by atoms with Crippen molar-refractivity contribution in [2.24, 2.45) is 0 Å². The van der Waals surface area contributed by atoms with Crippen LogP contribution in [-0.4, -0.2) is 0 Å². The molecule has 0 radical (unpaired) electrons. The fraction of sp³-hybridized carbons (Fsp3) is 0. The van der Waals surface area contributed by atoms with Crippen LogP contribution < -0.4 is 0 Å². The van der Waals surface area contributed by atoms with E-state index >= 15 is 0 Å². The maximum absolute atomic E-state index is 13.7. The first-order chi connectivity index (χ1) is 8.00. The van der Waals surface area contributed by atoms with Crippen molar-refractivity contribution in [3.63, 3.8) is 0 Å². The van der Waals surface area contributed by atoms with E-state index in [0.29, 0.717) is 6.07 Å². The average molecular weight is 322 g/mol. The summed E-state index contributed by atoms with van der Waals surface area (Å²) in [6, 6.07) is 5.76. The monoisotopic (exact) mass is 320 g/mol. The van der Waals surface area contributed by atoms with Gasteiger partial charge in [0.25, 0.3) is 0 Å². The van der Waals surface area contributed by atoms with Crippen molar-refractivity contribution < 1.29 is 13.2 Å². The van der Waals surface area contributed by atoms with Crippen molar-refractivity contribution >= 4 is 27.5 Å². The summed E-state index contributed by atoms with van der Waals surface area (Å²) in [5.74, 6) is -2.28. The molecule has 0 unspecified atom stereocenters. The molecule has 0 saturated carbocycles. The Kier molecular flexibility index (Phi) is 3.45. The third-order valence-electron chi connectivity index (χ3n) is 2.22. The summed E-state index contributed by atoms with van der Waals surface area (Å²) in [7, 11) is 0. The Morgan fingerprint density at radius 1 is 0.941 bits per heavy atom. The zero-order chi connectivity index (χ0) is 12.6. The maximum Gasteiger partial charge on any atom is 0.135 e. The molecule has 0 heterocycles. The van der Waals surface area contributed by atoms with E-state index < -0.39 is 17.5 Å². The molecule has 0 spiro atoms. The molecule has 0 atom stereocenters. The van der Waals surface area contributed by atoms with Gasteiger partial charge >= 0.3 is 0 Å². The molecule has 0 saturated heterocycles. The molecule has 88 valence electrons. The highest BCUT2D eigenvalue weighted by molar-refractivity contribution is 9.10. The molecule has 17 heavy (non-hydrogen) atoms. The van der Waals surface area contributed by atoms with Gasteiger partial charge in [0.1, 0.15) is 17.5 Å². The summed E-state index contributed by atoms with van der Waals surface area (Å²) in [6.45, 7) is 0. The van der Waals surface area contributed by atoms with Crippen molar-refractivity contribution in [1.82, 2.24) is 0 Å². The van der Waals surface area contributed by atoms with Gasteiger partial charge in [-0.15, -0.1) is 0 Å². The predicted octanol–water partition coefficient (Wildman–Crippen LogP) is 5.19. The third-order valence-corrected chi connectivity index (χ3v) is 3.16. The first kappa shape index (κ1) is 12.5. The lowest BCUT2D eigenvalue weighted by atomic mass is 10.0. The number of hydrogen-bond donors (Lipinski definition) is 0. The van der Waals surface area contributed by atoms with Gasteiger partial charge in [0.2, 0.25) is 0 Å². The van der Waals surface area contributed by atoms with Crippen molar-refractivity contribution in [3.8, 4) is 11.1 Å². The van der Waals surface area contributed by atoms with E-state index in [1.54, 1.807) is 0 Å². The molecule has 2 aromatic carbocycles. The molecular formula is C12H5BrClF3. The molecule has 0 fully saturated rings. The topological polar surface area (TPSA) is 0 Å². The molecule has 0 aliphatic rings. The van der Waals surface area contributed by atoms with Crippen LogP contribution in [0.4, 0.5) is 13.2 Å². The van der Waals surface area contributed by atoms with Gasteiger partial charge in [0.05, 0.1) is 5.02 Å². The zero-order valence-corrected chi connectivity index (χ0v) is 10.6. The lowest BCUT2D eigenvalue weighted by Crippen LogP contribution is -1.93. The Hall–Kier alpha value is -1.000. The highest BCUT2D eigenvalue weighted by Gasteiger charge is 2.18. The number of halogens is 5. The summed E-state index contributed by atoms with van der Waals surface area (Å²) in [6.07, 6.45) is 0. The highest BCUT2D eigenvalue weighted by atomic mass is 79.9. The van der Waals surface area contributed by atoms with Gasteiger partial charge in [0, 0.05) is 21.7 Å². The van der Waals surface area contributed by atoms with Gasteiger partial charge in [-0.25, -0.2) is 13.2 Å². The second kappa shape index (κ2) is 4.70. The fourth-order valence-corrected chi connectivity index (χ4v) is 2.38. The first-order valence-corrected chi connectivity index (χ1v) is 5.76. The van der Waals surface area contributed by atoms with E-state index in [0.717, 1.165) is 12.1 Å². The predicted molar refractivity (Wildman–Crippen MR) is 64.5 cm³/mol. The van der Waals surface area contributed by atoms with Gasteiger partial charge in [-0.05, 0) is 34.1 Å². The molecule has 2 rings (SSSR count). The lowest BCUT2D eigenvalue weighted by Gasteiger charge is -2.09. The van der Waals surface area contributed by atoms with Crippen LogP contribution in [0.15, 0.2) is 34.8 Å². The quantitative estimate of drug-likeness (QED) is 0.678. The Morgan fingerprint density at radius 3 is 2.24 bits per heavy atom. The minimum atomic E-state index is -0.871. The normalized spacial score (nSPS) is 10.6. The molecule has 0 N–H and O–H groups in total. The van der Waals surface area contributed by atoms with Crippen LogP contribution in [0.1, 0.15) is 0 Å². The molecule has 2 aromatic rings. The zero-order valence-electron chi connectivity index (χ0n) is 8.28. The summed E-state index contributed by atoms with van der Waals surface area (Å²) in [4.78, 5) is 0. The molecule has 0 amide bonds. The first-order valence-electron chi connectivity index (χ1n) is 4.59. The SMILES string of the molecule is Fc1cc(F)c(-c2c(F)cccc2Cl)c(Br)c1. The minimum Gasteiger partial charge on any atom is -0.207 e. The van der Waals surface area contributed by atoms with Crippen molar-refractivity contribution in [2.75, 3.05) is 0 Å². The van der Waals surface area contributed by atoms with Crippen LogP contribution in [0.25, 0.3) is 11.1 Å². The molecule has 0 nitrogen and oxygen atoms in total. The Morgan fingerprint density at radius 2 is 1.65 bits per heavy atom. The van der Waals surface area contributed by atoms with Crippen LogP contribution in [0.2, 0.25) is 5.02 Å². The van der Waals surface area contributed by atoms with Crippen molar-refractivity contribution in [1.29, 1.82) is 0 Å². The van der Waals surface area contributed by atoms with Gasteiger partial charge in [-0.3, -0.25) is 0 Å². The number of benzene rings is 2. The smallest absolute Gasteiger partial charge is 0.135 e. The van der Waals surface area contributed by atoms with Crippen molar-refractivity contribution in [3.05, 3.63) is 57.3 Å². The highest BCUT2D eigenvalue weighted by Crippen LogP contribution is 2.37. The number of rotatable bonds is 1. The van der Waals surface area contributed by atoms with Crippen LogP contribution >= 0.6 is 27.5 Å². The van der Waals surface area contributed by atoms with E-state index in [9.17, 15) is 13.2 Å². The maximum atomic E-state index is 13.7. The van der Waals surface area contributed by atoms with Crippen LogP contribution in [-0.2, 0) is 0 Å². The van der Waals surface area contributed by atoms with E-state index in [1.807, 2.05) is 0 Å². The van der Waals surface area contributed by atoms with E-state index in [4.69, 9.17) is 11.6 Å². The molecule has 0 bridgehead atoms. The Labute approximate surface area is 109 Å².